The third-order valence-electron chi connectivity index (χ3n) is 5.37. The summed E-state index contributed by atoms with van der Waals surface area (Å²) < 4.78 is 37.5. The molecule has 1 unspecified atom stereocenters. The fraction of sp³-hybridized carbons (Fsp3) is 0.412. The van der Waals surface area contributed by atoms with Crippen molar-refractivity contribution in [3.63, 3.8) is 0 Å². The molecule has 1 aliphatic rings. The number of phosphoric acid groups is 2. The van der Waals surface area contributed by atoms with Crippen molar-refractivity contribution in [2.24, 2.45) is 0 Å². The molecule has 1 amide bonds. The molecule has 0 radical (unpaired) electrons. The van der Waals surface area contributed by atoms with Crippen molar-refractivity contribution in [3.8, 4) is 0 Å². The van der Waals surface area contributed by atoms with Gasteiger partial charge in [0.1, 0.15) is 23.3 Å². The van der Waals surface area contributed by atoms with Crippen LogP contribution in [0.2, 0.25) is 0 Å². The van der Waals surface area contributed by atoms with Crippen LogP contribution >= 0.6 is 15.6 Å². The Kier molecular flexibility index (Phi) is 6.68. The first-order valence-electron chi connectivity index (χ1n) is 10.1. The minimum Gasteiger partial charge on any atom is -0.387 e. The molecule has 0 spiro atoms. The summed E-state index contributed by atoms with van der Waals surface area (Å²) in [6.45, 7) is 1.55. The Hall–Kier alpha value is -2.56. The zero-order valence-corrected chi connectivity index (χ0v) is 20.3. The zero-order chi connectivity index (χ0) is 26.6. The highest BCUT2D eigenvalue weighted by atomic mass is 31.3. The molecule has 5 atom stereocenters. The Bertz CT molecular complexity index is 1500. The lowest BCUT2D eigenvalue weighted by molar-refractivity contribution is -0.114. The number of carbonyl (C=O) groups excluding carboxylic acids is 1. The molecule has 1 aliphatic heterocycles. The van der Waals surface area contributed by atoms with Crippen LogP contribution < -0.4 is 10.9 Å². The molecule has 3 aromatic rings. The monoisotopic (exact) mass is 549 g/mol. The minimum atomic E-state index is -5.37. The van der Waals surface area contributed by atoms with Gasteiger partial charge < -0.3 is 34.9 Å². The zero-order valence-electron chi connectivity index (χ0n) is 18.5. The second-order valence-electron chi connectivity index (χ2n) is 8.17. The minimum absolute atomic E-state index is 0.154. The maximum atomic E-state index is 12.4. The molecule has 36 heavy (non-hydrogen) atoms. The summed E-state index contributed by atoms with van der Waals surface area (Å²) in [6, 6.07) is 1.42. The molecule has 0 bridgehead atoms. The average Bonchev–Trinajstić information content (AvgIpc) is 3.13. The van der Waals surface area contributed by atoms with Crippen molar-refractivity contribution in [1.29, 1.82) is 0 Å². The van der Waals surface area contributed by atoms with Crippen molar-refractivity contribution < 1.29 is 52.4 Å². The van der Waals surface area contributed by atoms with Crippen LogP contribution in [0.1, 0.15) is 20.1 Å². The topological polar surface area (TPSA) is 256 Å². The molecule has 4 rings (SSSR count). The first-order chi connectivity index (χ1) is 16.6. The van der Waals surface area contributed by atoms with E-state index in [9.17, 15) is 33.8 Å². The number of rotatable bonds is 7. The predicted octanol–water partition coefficient (Wildman–Crippen LogP) is -0.533. The van der Waals surface area contributed by atoms with Crippen LogP contribution in [0, 0.1) is 0 Å². The number of amides is 1. The first kappa shape index (κ1) is 26.5. The highest BCUT2D eigenvalue weighted by molar-refractivity contribution is 7.60. The van der Waals surface area contributed by atoms with Crippen LogP contribution in [0.15, 0.2) is 23.3 Å². The number of H-pyrrole nitrogens is 1. The number of ether oxygens (including phenoxy) is 1. The van der Waals surface area contributed by atoms with Crippen LogP contribution in [0.3, 0.4) is 0 Å². The van der Waals surface area contributed by atoms with E-state index >= 15 is 0 Å². The van der Waals surface area contributed by atoms with E-state index in [1.54, 1.807) is 0 Å². The summed E-state index contributed by atoms with van der Waals surface area (Å²) in [6.07, 6.45) is -2.07. The number of aliphatic hydroxyl groups excluding tert-OH is 1. The number of hydrogen-bond acceptors (Lipinski definition) is 11. The SMILES string of the molecule is CC(=O)Nc1cc2c(=O)[nH]ncc3nn([C@@H]4O[C@H](COP(=O)(O)OP(=O)(O)O)[C@@H](O)[C@@]4(C)O)cc1c32. The fourth-order valence-corrected chi connectivity index (χ4v) is 5.50. The molecule has 17 nitrogen and oxygen atoms in total. The molecule has 7 N–H and O–H groups in total. The smallest absolute Gasteiger partial charge is 0.387 e. The maximum Gasteiger partial charge on any atom is 0.481 e. The molecule has 19 heteroatoms. The predicted molar refractivity (Wildman–Crippen MR) is 119 cm³/mol. The van der Waals surface area contributed by atoms with E-state index in [1.807, 2.05) is 0 Å². The lowest BCUT2D eigenvalue weighted by Crippen LogP contribution is -2.44. The molecule has 0 aliphatic carbocycles. The summed E-state index contributed by atoms with van der Waals surface area (Å²) in [5, 5.41) is 35.4. The van der Waals surface area contributed by atoms with Crippen molar-refractivity contribution in [2.75, 3.05) is 11.9 Å². The molecular formula is C17H21N5O12P2. The number of nitrogens with zero attached hydrogens (tertiary/aromatic N) is 3. The van der Waals surface area contributed by atoms with Gasteiger partial charge >= 0.3 is 15.6 Å². The van der Waals surface area contributed by atoms with E-state index in [2.05, 4.69) is 29.4 Å². The van der Waals surface area contributed by atoms with Gasteiger partial charge in [-0.05, 0) is 13.0 Å². The molecule has 1 fully saturated rings. The highest BCUT2D eigenvalue weighted by Gasteiger charge is 2.54. The Morgan fingerprint density at radius 3 is 2.67 bits per heavy atom. The van der Waals surface area contributed by atoms with E-state index in [4.69, 9.17) is 14.5 Å². The fourth-order valence-electron chi connectivity index (χ4n) is 3.90. The molecule has 1 saturated heterocycles. The summed E-state index contributed by atoms with van der Waals surface area (Å²) in [5.41, 5.74) is -2.21. The number of nitrogens with one attached hydrogen (secondary N) is 2. The molecule has 3 heterocycles. The standard InChI is InChI=1S/C17H21N5O12P2/c1-7(23)19-10-3-8-13-9(10)5-22(21-11(13)4-18-20-15(8)25)16-17(2,26)14(24)12(33-16)6-32-36(30,31)34-35(27,28)29/h3-5,12,14,16,24,26H,6H2,1-2H3,(H,19,23)(H,20,25)(H,30,31)(H2,27,28,29)/t12-,14-,16-,17-/m1/s1. The number of aromatic amines is 1. The van der Waals surface area contributed by atoms with Gasteiger partial charge in [0.15, 0.2) is 6.23 Å². The van der Waals surface area contributed by atoms with Crippen LogP contribution in [-0.4, -0.2) is 75.2 Å². The lowest BCUT2D eigenvalue weighted by Gasteiger charge is -2.27. The molecule has 196 valence electrons. The molecule has 0 saturated carbocycles. The van der Waals surface area contributed by atoms with Gasteiger partial charge in [0.2, 0.25) is 5.91 Å². The Labute approximate surface area is 200 Å². The Morgan fingerprint density at radius 2 is 2.03 bits per heavy atom. The van der Waals surface area contributed by atoms with Gasteiger partial charge in [-0.15, -0.1) is 0 Å². The van der Waals surface area contributed by atoms with Crippen LogP contribution in [-0.2, 0) is 27.5 Å². The van der Waals surface area contributed by atoms with E-state index in [1.165, 1.54) is 32.3 Å². The Morgan fingerprint density at radius 1 is 1.33 bits per heavy atom. The Balaban J connectivity index is 1.73. The summed E-state index contributed by atoms with van der Waals surface area (Å²) in [7, 11) is -10.6. The molecule has 1 aromatic carbocycles. The first-order valence-corrected chi connectivity index (χ1v) is 13.1. The van der Waals surface area contributed by atoms with Gasteiger partial charge in [-0.25, -0.2) is 18.9 Å². The largest absolute Gasteiger partial charge is 0.481 e. The lowest BCUT2D eigenvalue weighted by atomic mass is 9.97. The number of aliphatic hydroxyl groups is 2. The third kappa shape index (κ3) is 5.12. The second kappa shape index (κ2) is 9.08. The molecule has 2 aromatic heterocycles. The van der Waals surface area contributed by atoms with Gasteiger partial charge in [-0.2, -0.15) is 14.5 Å². The normalized spacial score (nSPS) is 26.4. The van der Waals surface area contributed by atoms with Crippen molar-refractivity contribution in [3.05, 3.63) is 28.8 Å². The van der Waals surface area contributed by atoms with Crippen LogP contribution in [0.25, 0.3) is 21.7 Å². The van der Waals surface area contributed by atoms with Crippen LogP contribution in [0.5, 0.6) is 0 Å². The number of phosphoric ester groups is 1. The van der Waals surface area contributed by atoms with Crippen LogP contribution in [0.4, 0.5) is 5.69 Å². The summed E-state index contributed by atoms with van der Waals surface area (Å²) >= 11 is 0. The highest BCUT2D eigenvalue weighted by Crippen LogP contribution is 2.58. The number of hydrogen-bond donors (Lipinski definition) is 7. The number of anilines is 1. The summed E-state index contributed by atoms with van der Waals surface area (Å²) in [5.74, 6) is -0.424. The van der Waals surface area contributed by atoms with E-state index in [0.717, 1.165) is 4.68 Å². The average molecular weight is 549 g/mol. The number of carbonyl (C=O) groups is 1. The second-order valence-corrected chi connectivity index (χ2v) is 11.0. The quantitative estimate of drug-likeness (QED) is 0.183. The van der Waals surface area contributed by atoms with Gasteiger partial charge in [0.05, 0.1) is 23.9 Å². The summed E-state index contributed by atoms with van der Waals surface area (Å²) in [4.78, 5) is 51.0. The van der Waals surface area contributed by atoms with Crippen molar-refractivity contribution >= 4 is 48.9 Å². The van der Waals surface area contributed by atoms with Gasteiger partial charge in [0, 0.05) is 23.9 Å². The van der Waals surface area contributed by atoms with Gasteiger partial charge in [0.25, 0.3) is 5.56 Å². The van der Waals surface area contributed by atoms with Gasteiger partial charge in [-0.1, -0.05) is 0 Å². The van der Waals surface area contributed by atoms with Crippen molar-refractivity contribution in [1.82, 2.24) is 20.0 Å². The van der Waals surface area contributed by atoms with E-state index in [-0.39, 0.29) is 16.6 Å². The van der Waals surface area contributed by atoms with Gasteiger partial charge in [-0.3, -0.25) is 14.1 Å². The maximum absolute atomic E-state index is 12.4. The van der Waals surface area contributed by atoms with Crippen molar-refractivity contribution in [2.45, 2.75) is 37.9 Å². The number of aromatic nitrogens is 4. The van der Waals surface area contributed by atoms with E-state index < -0.39 is 57.8 Å². The van der Waals surface area contributed by atoms with E-state index in [0.29, 0.717) is 10.8 Å². The molecular weight excluding hydrogens is 528 g/mol. The third-order valence-corrected chi connectivity index (χ3v) is 7.52.